The Kier molecular flexibility index (Phi) is 7.41. The number of fused-ring (bicyclic) bond motifs is 1. The molecule has 29 heavy (non-hydrogen) atoms. The van der Waals surface area contributed by atoms with E-state index in [1.165, 1.54) is 7.05 Å². The average molecular weight is 399 g/mol. The number of ether oxygens (including phenoxy) is 1. The number of anilines is 1. The lowest BCUT2D eigenvalue weighted by atomic mass is 9.91. The number of aliphatic hydroxyl groups excluding tert-OH is 1. The summed E-state index contributed by atoms with van der Waals surface area (Å²) in [6, 6.07) is 9.90. The first-order valence-corrected chi connectivity index (χ1v) is 10.2. The molecule has 3 rings (SSSR count). The number of aliphatic hydroxyl groups is 1. The SMILES string of the molecule is CNC(=O)COC(=O)CCCC1CCN(c2ccc3c(CO)cccc3n2)CC1. The minimum absolute atomic E-state index is 0.0170. The number of carbonyl (C=O) groups excluding carboxylic acids is 2. The largest absolute Gasteiger partial charge is 0.456 e. The molecule has 0 bridgehead atoms. The second kappa shape index (κ2) is 10.2. The third-order valence-electron chi connectivity index (χ3n) is 5.55. The van der Waals surface area contributed by atoms with Crippen LogP contribution in [0.2, 0.25) is 0 Å². The first-order chi connectivity index (χ1) is 14.1. The number of likely N-dealkylation sites (N-methyl/N-ethyl adjacent to an activating group) is 1. The third-order valence-corrected chi connectivity index (χ3v) is 5.55. The molecular weight excluding hydrogens is 370 g/mol. The highest BCUT2D eigenvalue weighted by atomic mass is 16.5. The zero-order valence-electron chi connectivity index (χ0n) is 16.9. The van der Waals surface area contributed by atoms with E-state index in [9.17, 15) is 14.7 Å². The van der Waals surface area contributed by atoms with Gasteiger partial charge in [-0.1, -0.05) is 12.1 Å². The quantitative estimate of drug-likeness (QED) is 0.663. The molecule has 0 spiro atoms. The molecule has 2 aromatic rings. The van der Waals surface area contributed by atoms with E-state index in [-0.39, 0.29) is 25.1 Å². The summed E-state index contributed by atoms with van der Waals surface area (Å²) < 4.78 is 4.93. The number of aromatic nitrogens is 1. The van der Waals surface area contributed by atoms with Crippen LogP contribution in [0.25, 0.3) is 10.9 Å². The van der Waals surface area contributed by atoms with Gasteiger partial charge in [0.05, 0.1) is 12.1 Å². The summed E-state index contributed by atoms with van der Waals surface area (Å²) in [7, 11) is 1.52. The summed E-state index contributed by atoms with van der Waals surface area (Å²) in [5.74, 6) is 0.970. The molecule has 2 N–H and O–H groups in total. The van der Waals surface area contributed by atoms with Crippen molar-refractivity contribution in [3.8, 4) is 0 Å². The number of esters is 1. The highest BCUT2D eigenvalue weighted by molar-refractivity contribution is 5.83. The fourth-order valence-corrected chi connectivity index (χ4v) is 3.80. The van der Waals surface area contributed by atoms with Crippen molar-refractivity contribution in [2.75, 3.05) is 31.6 Å². The van der Waals surface area contributed by atoms with Gasteiger partial charge in [0.1, 0.15) is 5.82 Å². The van der Waals surface area contributed by atoms with Crippen LogP contribution in [-0.2, 0) is 20.9 Å². The first kappa shape index (κ1) is 21.0. The van der Waals surface area contributed by atoms with E-state index < -0.39 is 0 Å². The van der Waals surface area contributed by atoms with E-state index in [1.807, 2.05) is 30.3 Å². The van der Waals surface area contributed by atoms with Crippen molar-refractivity contribution in [3.63, 3.8) is 0 Å². The maximum Gasteiger partial charge on any atom is 0.306 e. The van der Waals surface area contributed by atoms with Crippen LogP contribution in [0.3, 0.4) is 0 Å². The monoisotopic (exact) mass is 399 g/mol. The lowest BCUT2D eigenvalue weighted by Crippen LogP contribution is -2.34. The number of nitrogens with one attached hydrogen (secondary N) is 1. The van der Waals surface area contributed by atoms with Crippen molar-refractivity contribution in [1.29, 1.82) is 0 Å². The third kappa shape index (κ3) is 5.67. The van der Waals surface area contributed by atoms with Crippen LogP contribution in [0.15, 0.2) is 30.3 Å². The fraction of sp³-hybridized carbons (Fsp3) is 0.500. The Hall–Kier alpha value is -2.67. The molecule has 1 aliphatic rings. The zero-order chi connectivity index (χ0) is 20.6. The Bertz CT molecular complexity index is 847. The standard InChI is InChI=1S/C22H29N3O4/c1-23-21(27)15-29-22(28)7-2-4-16-10-12-25(13-11-16)20-9-8-18-17(14-26)5-3-6-19(18)24-20/h3,5-6,8-9,16,26H,2,4,7,10-15H2,1H3,(H,23,27). The van der Waals surface area contributed by atoms with Gasteiger partial charge in [0.2, 0.25) is 0 Å². The van der Waals surface area contributed by atoms with Crippen LogP contribution >= 0.6 is 0 Å². The van der Waals surface area contributed by atoms with Crippen molar-refractivity contribution >= 4 is 28.6 Å². The summed E-state index contributed by atoms with van der Waals surface area (Å²) in [5.41, 5.74) is 1.81. The van der Waals surface area contributed by atoms with Crippen molar-refractivity contribution in [3.05, 3.63) is 35.9 Å². The minimum atomic E-state index is -0.311. The normalized spacial score (nSPS) is 14.8. The molecule has 0 radical (unpaired) electrons. The van der Waals surface area contributed by atoms with Crippen LogP contribution in [0.1, 0.15) is 37.7 Å². The molecular formula is C22H29N3O4. The molecule has 1 aliphatic heterocycles. The van der Waals surface area contributed by atoms with Crippen LogP contribution in [0.5, 0.6) is 0 Å². The Balaban J connectivity index is 1.44. The number of amides is 1. The Morgan fingerprint density at radius 2 is 2.03 bits per heavy atom. The Morgan fingerprint density at radius 1 is 1.24 bits per heavy atom. The van der Waals surface area contributed by atoms with Gasteiger partial charge in [0.25, 0.3) is 5.91 Å². The second-order valence-corrected chi connectivity index (χ2v) is 7.47. The number of benzene rings is 1. The van der Waals surface area contributed by atoms with Crippen LogP contribution in [-0.4, -0.2) is 48.7 Å². The van der Waals surface area contributed by atoms with Gasteiger partial charge >= 0.3 is 5.97 Å². The van der Waals surface area contributed by atoms with Crippen LogP contribution in [0, 0.1) is 5.92 Å². The number of nitrogens with zero attached hydrogens (tertiary/aromatic N) is 2. The van der Waals surface area contributed by atoms with E-state index in [0.717, 1.165) is 61.1 Å². The lowest BCUT2D eigenvalue weighted by Gasteiger charge is -2.33. The highest BCUT2D eigenvalue weighted by Gasteiger charge is 2.20. The predicted octanol–water partition coefficient (Wildman–Crippen LogP) is 2.40. The zero-order valence-corrected chi connectivity index (χ0v) is 16.9. The molecule has 0 unspecified atom stereocenters. The number of pyridine rings is 1. The van der Waals surface area contributed by atoms with Crippen LogP contribution in [0.4, 0.5) is 5.82 Å². The molecule has 1 aromatic heterocycles. The molecule has 2 heterocycles. The van der Waals surface area contributed by atoms with Gasteiger partial charge < -0.3 is 20.1 Å². The number of carbonyl (C=O) groups is 2. The van der Waals surface area contributed by atoms with Gasteiger partial charge in [-0.2, -0.15) is 0 Å². The maximum absolute atomic E-state index is 11.7. The minimum Gasteiger partial charge on any atom is -0.456 e. The topological polar surface area (TPSA) is 91.8 Å². The smallest absolute Gasteiger partial charge is 0.306 e. The second-order valence-electron chi connectivity index (χ2n) is 7.47. The molecule has 1 saturated heterocycles. The van der Waals surface area contributed by atoms with Gasteiger partial charge in [-0.15, -0.1) is 0 Å². The Morgan fingerprint density at radius 3 is 2.76 bits per heavy atom. The number of piperidine rings is 1. The van der Waals surface area contributed by atoms with Crippen molar-refractivity contribution in [2.24, 2.45) is 5.92 Å². The molecule has 7 heteroatoms. The van der Waals surface area contributed by atoms with Gasteiger partial charge in [0.15, 0.2) is 6.61 Å². The molecule has 156 valence electrons. The van der Waals surface area contributed by atoms with E-state index in [4.69, 9.17) is 9.72 Å². The Labute approximate surface area is 171 Å². The number of hydrogen-bond donors (Lipinski definition) is 2. The van der Waals surface area contributed by atoms with E-state index in [0.29, 0.717) is 12.3 Å². The van der Waals surface area contributed by atoms with Crippen LogP contribution < -0.4 is 10.2 Å². The summed E-state index contributed by atoms with van der Waals surface area (Å²) in [6.45, 7) is 1.71. The molecule has 7 nitrogen and oxygen atoms in total. The first-order valence-electron chi connectivity index (χ1n) is 10.2. The molecule has 0 aliphatic carbocycles. The van der Waals surface area contributed by atoms with Gasteiger partial charge in [0, 0.05) is 31.9 Å². The lowest BCUT2D eigenvalue weighted by molar-refractivity contribution is -0.148. The van der Waals surface area contributed by atoms with Crippen molar-refractivity contribution in [1.82, 2.24) is 10.3 Å². The fourth-order valence-electron chi connectivity index (χ4n) is 3.80. The summed E-state index contributed by atoms with van der Waals surface area (Å²) in [5, 5.41) is 12.9. The summed E-state index contributed by atoms with van der Waals surface area (Å²) in [6.07, 6.45) is 4.29. The highest BCUT2D eigenvalue weighted by Crippen LogP contribution is 2.27. The molecule has 0 atom stereocenters. The van der Waals surface area contributed by atoms with E-state index in [2.05, 4.69) is 10.2 Å². The predicted molar refractivity (Wildman–Crippen MR) is 111 cm³/mol. The summed E-state index contributed by atoms with van der Waals surface area (Å²) >= 11 is 0. The number of rotatable bonds is 8. The summed E-state index contributed by atoms with van der Waals surface area (Å²) in [4.78, 5) is 29.8. The van der Waals surface area contributed by atoms with Gasteiger partial charge in [-0.25, -0.2) is 4.98 Å². The average Bonchev–Trinajstić information content (AvgIpc) is 2.77. The molecule has 1 aromatic carbocycles. The van der Waals surface area contributed by atoms with E-state index >= 15 is 0 Å². The number of hydrogen-bond acceptors (Lipinski definition) is 6. The van der Waals surface area contributed by atoms with Crippen molar-refractivity contribution in [2.45, 2.75) is 38.7 Å². The maximum atomic E-state index is 11.7. The molecule has 1 amide bonds. The molecule has 1 fully saturated rings. The van der Waals surface area contributed by atoms with Gasteiger partial charge in [-0.05, 0) is 55.4 Å². The van der Waals surface area contributed by atoms with Crippen molar-refractivity contribution < 1.29 is 19.4 Å². The van der Waals surface area contributed by atoms with E-state index in [1.54, 1.807) is 0 Å². The van der Waals surface area contributed by atoms with Gasteiger partial charge in [-0.3, -0.25) is 9.59 Å². The molecule has 0 saturated carbocycles.